The molecule has 0 saturated heterocycles. The van der Waals surface area contributed by atoms with E-state index in [1.807, 2.05) is 13.0 Å². The number of para-hydroxylation sites is 1. The fourth-order valence-electron chi connectivity index (χ4n) is 3.07. The molecule has 3 rings (SSSR count). The van der Waals surface area contributed by atoms with Crippen molar-refractivity contribution in [1.29, 1.82) is 0 Å². The summed E-state index contributed by atoms with van der Waals surface area (Å²) in [5.41, 5.74) is 1.29. The first kappa shape index (κ1) is 22.0. The van der Waals surface area contributed by atoms with Crippen LogP contribution in [0.25, 0.3) is 10.9 Å². The van der Waals surface area contributed by atoms with E-state index >= 15 is 0 Å². The van der Waals surface area contributed by atoms with Crippen molar-refractivity contribution in [3.05, 3.63) is 58.4 Å². The highest BCUT2D eigenvalue weighted by Crippen LogP contribution is 2.32. The molecule has 160 valence electrons. The minimum Gasteiger partial charge on any atom is -0.493 e. The molecule has 1 heterocycles. The van der Waals surface area contributed by atoms with E-state index in [2.05, 4.69) is 9.72 Å². The molecular formula is C21H22F2N2O4S. The number of alkyl halides is 2. The predicted molar refractivity (Wildman–Crippen MR) is 112 cm³/mol. The van der Waals surface area contributed by atoms with Crippen LogP contribution in [0.1, 0.15) is 18.5 Å². The number of fused-ring (bicyclic) bond motifs is 1. The van der Waals surface area contributed by atoms with Gasteiger partial charge >= 0.3 is 6.61 Å². The molecule has 0 aliphatic heterocycles. The van der Waals surface area contributed by atoms with Crippen molar-refractivity contribution in [1.82, 2.24) is 9.55 Å². The molecule has 0 bridgehead atoms. The van der Waals surface area contributed by atoms with Crippen LogP contribution < -0.4 is 15.0 Å². The van der Waals surface area contributed by atoms with Crippen LogP contribution in [0.4, 0.5) is 8.78 Å². The Morgan fingerprint density at radius 2 is 1.90 bits per heavy atom. The Hall–Kier alpha value is -2.65. The maximum absolute atomic E-state index is 13.1. The number of aromatic nitrogens is 2. The third kappa shape index (κ3) is 4.91. The van der Waals surface area contributed by atoms with E-state index in [1.165, 1.54) is 24.9 Å². The van der Waals surface area contributed by atoms with Crippen molar-refractivity contribution in [2.24, 2.45) is 0 Å². The van der Waals surface area contributed by atoms with Crippen molar-refractivity contribution < 1.29 is 23.0 Å². The molecular weight excluding hydrogens is 414 g/mol. The van der Waals surface area contributed by atoms with Gasteiger partial charge in [0.25, 0.3) is 5.56 Å². The van der Waals surface area contributed by atoms with Crippen molar-refractivity contribution in [2.45, 2.75) is 30.5 Å². The lowest BCUT2D eigenvalue weighted by Gasteiger charge is -2.19. The van der Waals surface area contributed by atoms with E-state index in [0.717, 1.165) is 5.56 Å². The first-order valence-electron chi connectivity index (χ1n) is 9.19. The lowest BCUT2D eigenvalue weighted by Crippen LogP contribution is -2.28. The molecule has 0 fully saturated rings. The zero-order valence-corrected chi connectivity index (χ0v) is 17.6. The van der Waals surface area contributed by atoms with Gasteiger partial charge in [0.2, 0.25) is 0 Å². The van der Waals surface area contributed by atoms with Crippen LogP contribution in [0.5, 0.6) is 11.5 Å². The number of halogens is 2. The first-order valence-corrected chi connectivity index (χ1v) is 10.2. The Morgan fingerprint density at radius 1 is 1.13 bits per heavy atom. The van der Waals surface area contributed by atoms with E-state index in [1.54, 1.807) is 42.0 Å². The molecule has 0 spiro atoms. The van der Waals surface area contributed by atoms with Crippen molar-refractivity contribution in [3.8, 4) is 11.5 Å². The molecule has 0 unspecified atom stereocenters. The van der Waals surface area contributed by atoms with Gasteiger partial charge < -0.3 is 14.2 Å². The van der Waals surface area contributed by atoms with Gasteiger partial charge in [0, 0.05) is 12.9 Å². The first-order chi connectivity index (χ1) is 14.4. The van der Waals surface area contributed by atoms with Crippen LogP contribution in [0.3, 0.4) is 0 Å². The molecule has 0 amide bonds. The van der Waals surface area contributed by atoms with Gasteiger partial charge in [-0.25, -0.2) is 4.98 Å². The van der Waals surface area contributed by atoms with E-state index < -0.39 is 6.61 Å². The van der Waals surface area contributed by atoms with Gasteiger partial charge in [-0.2, -0.15) is 8.78 Å². The largest absolute Gasteiger partial charge is 0.493 e. The summed E-state index contributed by atoms with van der Waals surface area (Å²) in [7, 11) is 2.97. The third-order valence-electron chi connectivity index (χ3n) is 4.44. The molecule has 3 aromatic rings. The maximum Gasteiger partial charge on any atom is 0.387 e. The number of nitrogens with zero attached hydrogens (tertiary/aromatic N) is 2. The van der Waals surface area contributed by atoms with Gasteiger partial charge in [0.05, 0.1) is 30.7 Å². The summed E-state index contributed by atoms with van der Waals surface area (Å²) in [5.74, 6) is 0.635. The summed E-state index contributed by atoms with van der Waals surface area (Å²) in [6.45, 7) is -0.677. The molecule has 0 aliphatic carbocycles. The second-order valence-electron chi connectivity index (χ2n) is 6.54. The van der Waals surface area contributed by atoms with Crippen molar-refractivity contribution >= 4 is 22.7 Å². The Kier molecular flexibility index (Phi) is 7.28. The maximum atomic E-state index is 13.1. The van der Waals surface area contributed by atoms with Gasteiger partial charge in [-0.15, -0.1) is 0 Å². The summed E-state index contributed by atoms with van der Waals surface area (Å²) in [4.78, 5) is 17.7. The van der Waals surface area contributed by atoms with E-state index in [0.29, 0.717) is 28.4 Å². The Balaban J connectivity index is 1.93. The highest BCUT2D eigenvalue weighted by atomic mass is 32.2. The zero-order chi connectivity index (χ0) is 21.7. The minimum absolute atomic E-state index is 0.0318. The minimum atomic E-state index is -2.93. The average molecular weight is 436 g/mol. The molecule has 0 N–H and O–H groups in total. The standard InChI is InChI=1S/C21H22F2N2O4S/c1-13(11-27-2)25-19(26)15-6-4-5-7-16(15)24-21(25)30-12-14-8-9-17(29-20(22)23)18(10-14)28-3/h4-10,13,20H,11-12H2,1-3H3/t13-/m1/s1. The highest BCUT2D eigenvalue weighted by molar-refractivity contribution is 7.98. The Labute approximate surface area is 176 Å². The van der Waals surface area contributed by atoms with Gasteiger partial charge in [-0.3, -0.25) is 9.36 Å². The number of hydrogen-bond donors (Lipinski definition) is 0. The number of rotatable bonds is 9. The van der Waals surface area contributed by atoms with Crippen molar-refractivity contribution in [2.75, 3.05) is 20.8 Å². The lowest BCUT2D eigenvalue weighted by molar-refractivity contribution is -0.0512. The molecule has 2 aromatic carbocycles. The van der Waals surface area contributed by atoms with Crippen LogP contribution in [-0.2, 0) is 10.5 Å². The second-order valence-corrected chi connectivity index (χ2v) is 7.49. The van der Waals surface area contributed by atoms with Gasteiger partial charge in [0.1, 0.15) is 0 Å². The molecule has 1 aromatic heterocycles. The summed E-state index contributed by atoms with van der Waals surface area (Å²) >= 11 is 1.37. The van der Waals surface area contributed by atoms with Crippen LogP contribution >= 0.6 is 11.8 Å². The Morgan fingerprint density at radius 3 is 2.60 bits per heavy atom. The lowest BCUT2D eigenvalue weighted by atomic mass is 10.2. The van der Waals surface area contributed by atoms with E-state index in [-0.39, 0.29) is 23.1 Å². The molecule has 0 aliphatic rings. The van der Waals surface area contributed by atoms with Crippen LogP contribution in [0.2, 0.25) is 0 Å². The normalized spacial score (nSPS) is 12.3. The second kappa shape index (κ2) is 9.90. The summed E-state index contributed by atoms with van der Waals surface area (Å²) in [6, 6.07) is 11.7. The zero-order valence-electron chi connectivity index (χ0n) is 16.8. The average Bonchev–Trinajstić information content (AvgIpc) is 2.72. The summed E-state index contributed by atoms with van der Waals surface area (Å²) < 4.78 is 41.5. The number of ether oxygens (including phenoxy) is 3. The quantitative estimate of drug-likeness (QED) is 0.363. The van der Waals surface area contributed by atoms with E-state index in [9.17, 15) is 13.6 Å². The summed E-state index contributed by atoms with van der Waals surface area (Å²) in [5, 5.41) is 1.09. The van der Waals surface area contributed by atoms with Gasteiger partial charge in [-0.05, 0) is 36.8 Å². The number of hydrogen-bond acceptors (Lipinski definition) is 6. The van der Waals surface area contributed by atoms with Gasteiger partial charge in [-0.1, -0.05) is 30.0 Å². The smallest absolute Gasteiger partial charge is 0.387 e. The topological polar surface area (TPSA) is 62.6 Å². The molecule has 0 saturated carbocycles. The molecule has 0 radical (unpaired) electrons. The number of thioether (sulfide) groups is 1. The fourth-order valence-corrected chi connectivity index (χ4v) is 4.11. The number of benzene rings is 2. The fraction of sp³-hybridized carbons (Fsp3) is 0.333. The predicted octanol–water partition coefficient (Wildman–Crippen LogP) is 4.51. The van der Waals surface area contributed by atoms with Gasteiger partial charge in [0.15, 0.2) is 16.7 Å². The number of methoxy groups -OCH3 is 2. The highest BCUT2D eigenvalue weighted by Gasteiger charge is 2.17. The molecule has 6 nitrogen and oxygen atoms in total. The Bertz CT molecular complexity index is 1070. The monoisotopic (exact) mass is 436 g/mol. The van der Waals surface area contributed by atoms with Crippen LogP contribution in [0, 0.1) is 0 Å². The van der Waals surface area contributed by atoms with Crippen LogP contribution in [0.15, 0.2) is 52.4 Å². The molecule has 9 heteroatoms. The third-order valence-corrected chi connectivity index (χ3v) is 5.46. The summed E-state index contributed by atoms with van der Waals surface area (Å²) in [6.07, 6.45) is 0. The molecule has 30 heavy (non-hydrogen) atoms. The van der Waals surface area contributed by atoms with Crippen LogP contribution in [-0.4, -0.2) is 37.0 Å². The SMILES string of the molecule is COC[C@@H](C)n1c(SCc2ccc(OC(F)F)c(OC)c2)nc2ccccc2c1=O. The van der Waals surface area contributed by atoms with Crippen molar-refractivity contribution in [3.63, 3.8) is 0 Å². The molecule has 1 atom stereocenters. The van der Waals surface area contributed by atoms with E-state index in [4.69, 9.17) is 9.47 Å².